The van der Waals surface area contributed by atoms with E-state index in [0.717, 1.165) is 22.3 Å². The zero-order valence-electron chi connectivity index (χ0n) is 17.8. The summed E-state index contributed by atoms with van der Waals surface area (Å²) in [5.41, 5.74) is 1.95. The summed E-state index contributed by atoms with van der Waals surface area (Å²) in [7, 11) is 0. The van der Waals surface area contributed by atoms with Gasteiger partial charge in [-0.2, -0.15) is 4.98 Å². The predicted octanol–water partition coefficient (Wildman–Crippen LogP) is 5.50. The predicted molar refractivity (Wildman–Crippen MR) is 129 cm³/mol. The van der Waals surface area contributed by atoms with E-state index in [0.29, 0.717) is 43.7 Å². The minimum Gasteiger partial charge on any atom is -0.365 e. The molecule has 8 heteroatoms. The molecule has 33 heavy (non-hydrogen) atoms. The number of anilines is 3. The fraction of sp³-hybridized carbons (Fsp3) is 0.200. The zero-order chi connectivity index (χ0) is 22.8. The number of piperazine rings is 1. The van der Waals surface area contributed by atoms with Crippen LogP contribution in [0, 0.1) is 11.6 Å². The van der Waals surface area contributed by atoms with E-state index in [1.165, 1.54) is 18.2 Å². The van der Waals surface area contributed by atoms with E-state index in [1.807, 2.05) is 48.5 Å². The molecule has 0 bridgehead atoms. The summed E-state index contributed by atoms with van der Waals surface area (Å²) in [6.07, 6.45) is 0. The fourth-order valence-corrected chi connectivity index (χ4v) is 4.18. The van der Waals surface area contributed by atoms with E-state index in [9.17, 15) is 8.78 Å². The Morgan fingerprint density at radius 3 is 2.18 bits per heavy atom. The van der Waals surface area contributed by atoms with Crippen molar-refractivity contribution in [1.29, 1.82) is 0 Å². The maximum absolute atomic E-state index is 14.2. The molecule has 0 unspecified atom stereocenters. The standard InChI is InChI=1S/C25H22ClF2N5/c26-18-10-8-17(9-11-18)16-29-24-19-4-1-2-7-22(19)30-25(31-24)33-14-12-32(13-15-33)23-20(27)5-3-6-21(23)28/h1-11H,12-16H2,(H,29,30,31). The van der Waals surface area contributed by atoms with E-state index >= 15 is 0 Å². The van der Waals surface area contributed by atoms with Crippen LogP contribution in [0.3, 0.4) is 0 Å². The van der Waals surface area contributed by atoms with E-state index in [4.69, 9.17) is 21.6 Å². The molecule has 1 aliphatic heterocycles. The zero-order valence-corrected chi connectivity index (χ0v) is 18.6. The second-order valence-electron chi connectivity index (χ2n) is 7.91. The van der Waals surface area contributed by atoms with Crippen LogP contribution < -0.4 is 15.1 Å². The second kappa shape index (κ2) is 9.19. The topological polar surface area (TPSA) is 44.3 Å². The Balaban J connectivity index is 1.37. The van der Waals surface area contributed by atoms with Crippen molar-refractivity contribution >= 4 is 40.0 Å². The van der Waals surface area contributed by atoms with Gasteiger partial charge in [0.15, 0.2) is 0 Å². The van der Waals surface area contributed by atoms with Gasteiger partial charge >= 0.3 is 0 Å². The van der Waals surface area contributed by atoms with Crippen LogP contribution in [-0.2, 0) is 6.54 Å². The van der Waals surface area contributed by atoms with Crippen LogP contribution in [0.15, 0.2) is 66.7 Å². The van der Waals surface area contributed by atoms with Crippen LogP contribution in [0.4, 0.5) is 26.2 Å². The second-order valence-corrected chi connectivity index (χ2v) is 8.35. The SMILES string of the molecule is Fc1cccc(F)c1N1CCN(c2nc(NCc3ccc(Cl)cc3)c3ccccc3n2)CC1. The number of nitrogens with zero attached hydrogens (tertiary/aromatic N) is 4. The first kappa shape index (κ1) is 21.4. The molecule has 1 aromatic heterocycles. The molecule has 168 valence electrons. The number of benzene rings is 3. The third-order valence-corrected chi connectivity index (χ3v) is 6.03. The molecule has 4 aromatic rings. The van der Waals surface area contributed by atoms with Gasteiger partial charge in [0.25, 0.3) is 0 Å². The van der Waals surface area contributed by atoms with Crippen molar-refractivity contribution < 1.29 is 8.78 Å². The van der Waals surface area contributed by atoms with Crippen molar-refractivity contribution in [3.63, 3.8) is 0 Å². The maximum atomic E-state index is 14.2. The molecular formula is C25H22ClF2N5. The number of hydrogen-bond donors (Lipinski definition) is 1. The normalized spacial score (nSPS) is 14.0. The number of nitrogens with one attached hydrogen (secondary N) is 1. The van der Waals surface area contributed by atoms with E-state index in [2.05, 4.69) is 10.2 Å². The lowest BCUT2D eigenvalue weighted by molar-refractivity contribution is 0.555. The van der Waals surface area contributed by atoms with Gasteiger partial charge in [-0.15, -0.1) is 0 Å². The number of rotatable bonds is 5. The third-order valence-electron chi connectivity index (χ3n) is 5.78. The number of aromatic nitrogens is 2. The summed E-state index contributed by atoms with van der Waals surface area (Å²) in [5, 5.41) is 5.05. The van der Waals surface area contributed by atoms with Gasteiger partial charge in [0, 0.05) is 43.1 Å². The number of halogens is 3. The average Bonchev–Trinajstić information content (AvgIpc) is 2.84. The van der Waals surface area contributed by atoms with Gasteiger partial charge in [-0.05, 0) is 42.0 Å². The molecule has 0 amide bonds. The minimum absolute atomic E-state index is 0.0295. The van der Waals surface area contributed by atoms with Crippen molar-refractivity contribution in [3.05, 3.63) is 89.0 Å². The molecule has 2 heterocycles. The first-order valence-corrected chi connectivity index (χ1v) is 11.2. The fourth-order valence-electron chi connectivity index (χ4n) is 4.05. The van der Waals surface area contributed by atoms with Crippen LogP contribution in [-0.4, -0.2) is 36.1 Å². The third kappa shape index (κ3) is 4.54. The molecule has 0 atom stereocenters. The van der Waals surface area contributed by atoms with Crippen LogP contribution in [0.2, 0.25) is 5.02 Å². The molecule has 0 aliphatic carbocycles. The molecule has 3 aromatic carbocycles. The van der Waals surface area contributed by atoms with Crippen molar-refractivity contribution in [3.8, 4) is 0 Å². The number of para-hydroxylation sites is 2. The molecular weight excluding hydrogens is 444 g/mol. The molecule has 5 rings (SSSR count). The lowest BCUT2D eigenvalue weighted by Gasteiger charge is -2.36. The molecule has 1 saturated heterocycles. The summed E-state index contributed by atoms with van der Waals surface area (Å²) in [6.45, 7) is 2.66. The Hall–Kier alpha value is -3.45. The monoisotopic (exact) mass is 465 g/mol. The highest BCUT2D eigenvalue weighted by molar-refractivity contribution is 6.30. The molecule has 0 radical (unpaired) electrons. The van der Waals surface area contributed by atoms with E-state index in [1.54, 1.807) is 4.90 Å². The highest BCUT2D eigenvalue weighted by atomic mass is 35.5. The van der Waals surface area contributed by atoms with Gasteiger partial charge < -0.3 is 15.1 Å². The van der Waals surface area contributed by atoms with Gasteiger partial charge in [0.1, 0.15) is 23.1 Å². The van der Waals surface area contributed by atoms with Crippen LogP contribution in [0.5, 0.6) is 0 Å². The van der Waals surface area contributed by atoms with Crippen LogP contribution >= 0.6 is 11.6 Å². The number of hydrogen-bond acceptors (Lipinski definition) is 5. The Labute approximate surface area is 195 Å². The average molecular weight is 466 g/mol. The lowest BCUT2D eigenvalue weighted by Crippen LogP contribution is -2.47. The van der Waals surface area contributed by atoms with Crippen LogP contribution in [0.25, 0.3) is 10.9 Å². The van der Waals surface area contributed by atoms with Gasteiger partial charge in [0.05, 0.1) is 5.52 Å². The van der Waals surface area contributed by atoms with Crippen molar-refractivity contribution in [1.82, 2.24) is 9.97 Å². The summed E-state index contributed by atoms with van der Waals surface area (Å²) < 4.78 is 28.4. The summed E-state index contributed by atoms with van der Waals surface area (Å²) in [6, 6.07) is 19.5. The van der Waals surface area contributed by atoms with Gasteiger partial charge in [-0.3, -0.25) is 0 Å². The minimum atomic E-state index is -0.543. The summed E-state index contributed by atoms with van der Waals surface area (Å²) in [4.78, 5) is 13.3. The Bertz CT molecular complexity index is 1250. The molecule has 5 nitrogen and oxygen atoms in total. The molecule has 1 aliphatic rings. The molecule has 0 spiro atoms. The first-order chi connectivity index (χ1) is 16.1. The Kier molecular flexibility index (Phi) is 5.96. The van der Waals surface area contributed by atoms with Crippen LogP contribution in [0.1, 0.15) is 5.56 Å². The molecule has 0 saturated carbocycles. The maximum Gasteiger partial charge on any atom is 0.228 e. The summed E-state index contributed by atoms with van der Waals surface area (Å²) in [5.74, 6) is 0.257. The Morgan fingerprint density at radius 2 is 1.45 bits per heavy atom. The largest absolute Gasteiger partial charge is 0.365 e. The highest BCUT2D eigenvalue weighted by Crippen LogP contribution is 2.27. The van der Waals surface area contributed by atoms with E-state index in [-0.39, 0.29) is 5.69 Å². The smallest absolute Gasteiger partial charge is 0.228 e. The lowest BCUT2D eigenvalue weighted by atomic mass is 10.2. The highest BCUT2D eigenvalue weighted by Gasteiger charge is 2.24. The quantitative estimate of drug-likeness (QED) is 0.421. The Morgan fingerprint density at radius 1 is 0.788 bits per heavy atom. The van der Waals surface area contributed by atoms with Gasteiger partial charge in [-0.25, -0.2) is 13.8 Å². The summed E-state index contributed by atoms with van der Waals surface area (Å²) >= 11 is 5.99. The van der Waals surface area contributed by atoms with Crippen molar-refractivity contribution in [2.24, 2.45) is 0 Å². The van der Waals surface area contributed by atoms with Gasteiger partial charge in [0.2, 0.25) is 5.95 Å². The molecule has 1 fully saturated rings. The first-order valence-electron chi connectivity index (χ1n) is 10.8. The van der Waals surface area contributed by atoms with Gasteiger partial charge in [-0.1, -0.05) is 41.9 Å². The molecule has 1 N–H and O–H groups in total. The van der Waals surface area contributed by atoms with Crippen molar-refractivity contribution in [2.45, 2.75) is 6.54 Å². The van der Waals surface area contributed by atoms with Crippen molar-refractivity contribution in [2.75, 3.05) is 41.3 Å². The van der Waals surface area contributed by atoms with E-state index < -0.39 is 11.6 Å². The number of fused-ring (bicyclic) bond motifs is 1.